The highest BCUT2D eigenvalue weighted by Crippen LogP contribution is 2.32. The van der Waals surface area contributed by atoms with Gasteiger partial charge in [-0.3, -0.25) is 15.6 Å². The van der Waals surface area contributed by atoms with Crippen LogP contribution in [0.5, 0.6) is 11.5 Å². The van der Waals surface area contributed by atoms with E-state index in [1.165, 1.54) is 0 Å². The molecule has 1 fully saturated rings. The van der Waals surface area contributed by atoms with Crippen LogP contribution >= 0.6 is 0 Å². The number of fused-ring (bicyclic) bond motifs is 1. The van der Waals surface area contributed by atoms with Gasteiger partial charge in [-0.1, -0.05) is 6.07 Å². The molecule has 2 aliphatic heterocycles. The van der Waals surface area contributed by atoms with Crippen molar-refractivity contribution >= 4 is 5.91 Å². The van der Waals surface area contributed by atoms with Crippen LogP contribution in [-0.2, 0) is 11.3 Å². The SMILES string of the molecule is NNC(=O)C1NNCC1NCc1ccc2c(c1)OCO2. The number of hydrogen-bond acceptors (Lipinski definition) is 7. The number of nitrogens with one attached hydrogen (secondary N) is 4. The Bertz CT molecular complexity index is 510. The molecule has 2 atom stereocenters. The molecule has 8 heteroatoms. The highest BCUT2D eigenvalue weighted by atomic mass is 16.7. The van der Waals surface area contributed by atoms with Gasteiger partial charge in [0.25, 0.3) is 5.91 Å². The number of benzene rings is 1. The third-order valence-electron chi connectivity index (χ3n) is 3.41. The van der Waals surface area contributed by atoms with E-state index in [-0.39, 0.29) is 18.7 Å². The van der Waals surface area contributed by atoms with E-state index in [0.29, 0.717) is 13.1 Å². The smallest absolute Gasteiger partial charge is 0.254 e. The van der Waals surface area contributed by atoms with Gasteiger partial charge < -0.3 is 14.8 Å². The van der Waals surface area contributed by atoms with Gasteiger partial charge in [-0.15, -0.1) is 0 Å². The van der Waals surface area contributed by atoms with E-state index in [1.807, 2.05) is 18.2 Å². The lowest BCUT2D eigenvalue weighted by atomic mass is 10.1. The van der Waals surface area contributed by atoms with Crippen molar-refractivity contribution in [3.8, 4) is 11.5 Å². The predicted octanol–water partition coefficient (Wildman–Crippen LogP) is -1.66. The molecule has 2 heterocycles. The van der Waals surface area contributed by atoms with Crippen molar-refractivity contribution in [3.05, 3.63) is 23.8 Å². The second-order valence-electron chi connectivity index (χ2n) is 4.69. The lowest BCUT2D eigenvalue weighted by Crippen LogP contribution is -2.53. The van der Waals surface area contributed by atoms with Crippen molar-refractivity contribution in [2.75, 3.05) is 13.3 Å². The molecule has 0 aliphatic carbocycles. The maximum atomic E-state index is 11.6. The topological polar surface area (TPSA) is 110 Å². The summed E-state index contributed by atoms with van der Waals surface area (Å²) in [5.41, 5.74) is 9.04. The molecule has 108 valence electrons. The second-order valence-corrected chi connectivity index (χ2v) is 4.69. The summed E-state index contributed by atoms with van der Waals surface area (Å²) in [6.45, 7) is 1.53. The molecule has 6 N–H and O–H groups in total. The van der Waals surface area contributed by atoms with Gasteiger partial charge in [0.1, 0.15) is 6.04 Å². The van der Waals surface area contributed by atoms with E-state index in [9.17, 15) is 4.79 Å². The fraction of sp³-hybridized carbons (Fsp3) is 0.417. The zero-order valence-electron chi connectivity index (χ0n) is 10.8. The van der Waals surface area contributed by atoms with Gasteiger partial charge in [0.2, 0.25) is 6.79 Å². The summed E-state index contributed by atoms with van der Waals surface area (Å²) in [5.74, 6) is 6.42. The van der Waals surface area contributed by atoms with Crippen LogP contribution in [-0.4, -0.2) is 31.3 Å². The van der Waals surface area contributed by atoms with Gasteiger partial charge in [0, 0.05) is 19.1 Å². The number of hydrazine groups is 2. The highest BCUT2D eigenvalue weighted by Gasteiger charge is 2.31. The fourth-order valence-corrected chi connectivity index (χ4v) is 2.33. The van der Waals surface area contributed by atoms with E-state index in [0.717, 1.165) is 17.1 Å². The molecule has 2 aliphatic rings. The maximum absolute atomic E-state index is 11.6. The number of carbonyl (C=O) groups excluding carboxylic acids is 1. The van der Waals surface area contributed by atoms with Gasteiger partial charge in [0.05, 0.1) is 0 Å². The zero-order chi connectivity index (χ0) is 13.9. The molecule has 0 spiro atoms. The Balaban J connectivity index is 1.60. The summed E-state index contributed by atoms with van der Waals surface area (Å²) >= 11 is 0. The first kappa shape index (κ1) is 13.1. The van der Waals surface area contributed by atoms with Gasteiger partial charge in [0.15, 0.2) is 11.5 Å². The average Bonchev–Trinajstić information content (AvgIpc) is 3.12. The normalized spacial score (nSPS) is 23.9. The molecule has 0 aromatic heterocycles. The fourth-order valence-electron chi connectivity index (χ4n) is 2.33. The molecule has 2 unspecified atom stereocenters. The number of rotatable bonds is 4. The molecule has 8 nitrogen and oxygen atoms in total. The minimum atomic E-state index is -0.394. The van der Waals surface area contributed by atoms with E-state index < -0.39 is 6.04 Å². The van der Waals surface area contributed by atoms with Crippen LogP contribution in [0.3, 0.4) is 0 Å². The molecule has 0 radical (unpaired) electrons. The molecule has 1 saturated heterocycles. The van der Waals surface area contributed by atoms with E-state index in [2.05, 4.69) is 21.6 Å². The molecular formula is C12H17N5O3. The summed E-state index contributed by atoms with van der Waals surface area (Å²) in [6.07, 6.45) is 0. The first-order valence-electron chi connectivity index (χ1n) is 6.38. The van der Waals surface area contributed by atoms with Gasteiger partial charge in [-0.2, -0.15) is 0 Å². The summed E-state index contributed by atoms with van der Waals surface area (Å²) in [7, 11) is 0. The van der Waals surface area contributed by atoms with Gasteiger partial charge in [-0.05, 0) is 17.7 Å². The van der Waals surface area contributed by atoms with Gasteiger partial charge in [-0.25, -0.2) is 11.3 Å². The first-order valence-corrected chi connectivity index (χ1v) is 6.38. The Labute approximate surface area is 115 Å². The maximum Gasteiger partial charge on any atom is 0.254 e. The van der Waals surface area contributed by atoms with Crippen LogP contribution in [0.25, 0.3) is 0 Å². The molecule has 1 aromatic carbocycles. The lowest BCUT2D eigenvalue weighted by molar-refractivity contribution is -0.123. The van der Waals surface area contributed by atoms with E-state index in [1.54, 1.807) is 0 Å². The number of carbonyl (C=O) groups is 1. The Morgan fingerprint density at radius 1 is 1.40 bits per heavy atom. The molecule has 1 aromatic rings. The minimum absolute atomic E-state index is 0.0380. The van der Waals surface area contributed by atoms with Crippen molar-refractivity contribution in [3.63, 3.8) is 0 Å². The van der Waals surface area contributed by atoms with Crippen LogP contribution in [0, 0.1) is 0 Å². The van der Waals surface area contributed by atoms with Crippen molar-refractivity contribution in [1.29, 1.82) is 0 Å². The number of nitrogens with two attached hydrogens (primary N) is 1. The average molecular weight is 279 g/mol. The third kappa shape index (κ3) is 2.54. The van der Waals surface area contributed by atoms with Crippen LogP contribution in [0.1, 0.15) is 5.56 Å². The Hall–Kier alpha value is -1.87. The molecule has 3 rings (SSSR count). The van der Waals surface area contributed by atoms with Crippen LogP contribution in [0.15, 0.2) is 18.2 Å². The van der Waals surface area contributed by atoms with Crippen molar-refractivity contribution < 1.29 is 14.3 Å². The Kier molecular flexibility index (Phi) is 3.70. The summed E-state index contributed by atoms with van der Waals surface area (Å²) in [4.78, 5) is 11.6. The van der Waals surface area contributed by atoms with Gasteiger partial charge >= 0.3 is 0 Å². The van der Waals surface area contributed by atoms with Crippen molar-refractivity contribution in [2.45, 2.75) is 18.6 Å². The van der Waals surface area contributed by atoms with Crippen molar-refractivity contribution in [2.24, 2.45) is 5.84 Å². The number of hydrogen-bond donors (Lipinski definition) is 5. The highest BCUT2D eigenvalue weighted by molar-refractivity contribution is 5.82. The molecule has 0 bridgehead atoms. The molecular weight excluding hydrogens is 262 g/mol. The second kappa shape index (κ2) is 5.63. The molecule has 20 heavy (non-hydrogen) atoms. The first-order chi connectivity index (χ1) is 9.78. The third-order valence-corrected chi connectivity index (χ3v) is 3.41. The summed E-state index contributed by atoms with van der Waals surface area (Å²) in [5, 5.41) is 3.32. The quantitative estimate of drug-likeness (QED) is 0.255. The Morgan fingerprint density at radius 2 is 2.25 bits per heavy atom. The summed E-state index contributed by atoms with van der Waals surface area (Å²) < 4.78 is 10.6. The standard InChI is InChI=1S/C12H17N5O3/c13-16-12(18)11-8(5-15-17-11)14-4-7-1-2-9-10(3-7)20-6-19-9/h1-3,8,11,14-15,17H,4-6,13H2,(H,16,18). The van der Waals surface area contributed by atoms with Crippen LogP contribution < -0.4 is 36.9 Å². The van der Waals surface area contributed by atoms with E-state index in [4.69, 9.17) is 15.3 Å². The van der Waals surface area contributed by atoms with Crippen LogP contribution in [0.4, 0.5) is 0 Å². The lowest BCUT2D eigenvalue weighted by Gasteiger charge is -2.18. The monoisotopic (exact) mass is 279 g/mol. The molecule has 0 saturated carbocycles. The van der Waals surface area contributed by atoms with Crippen LogP contribution in [0.2, 0.25) is 0 Å². The summed E-state index contributed by atoms with van der Waals surface area (Å²) in [6, 6.07) is 5.35. The zero-order valence-corrected chi connectivity index (χ0v) is 10.8. The minimum Gasteiger partial charge on any atom is -0.454 e. The number of amides is 1. The molecule has 1 amide bonds. The number of ether oxygens (including phenoxy) is 2. The predicted molar refractivity (Wildman–Crippen MR) is 70.4 cm³/mol. The largest absolute Gasteiger partial charge is 0.454 e. The Morgan fingerprint density at radius 3 is 3.10 bits per heavy atom. The van der Waals surface area contributed by atoms with Crippen molar-refractivity contribution in [1.82, 2.24) is 21.6 Å². The van der Waals surface area contributed by atoms with E-state index >= 15 is 0 Å².